The van der Waals surface area contributed by atoms with Crippen molar-refractivity contribution in [2.75, 3.05) is 20.1 Å². The number of imidazole rings is 1. The lowest BCUT2D eigenvalue weighted by Crippen LogP contribution is -2.30. The first-order valence-electron chi connectivity index (χ1n) is 7.61. The SMILES string of the molecule is CN1CC=CC=C1C(N)=NCCCCCCn1ccnc1. The van der Waals surface area contributed by atoms with Crippen LogP contribution in [0.25, 0.3) is 0 Å². The van der Waals surface area contributed by atoms with Crippen molar-refractivity contribution in [2.24, 2.45) is 10.7 Å². The highest BCUT2D eigenvalue weighted by Crippen LogP contribution is 2.08. The maximum Gasteiger partial charge on any atom is 0.142 e. The Morgan fingerprint density at radius 2 is 2.19 bits per heavy atom. The number of nitrogens with zero attached hydrogens (tertiary/aromatic N) is 4. The summed E-state index contributed by atoms with van der Waals surface area (Å²) in [6.45, 7) is 2.76. The monoisotopic (exact) mass is 287 g/mol. The molecule has 1 aliphatic rings. The van der Waals surface area contributed by atoms with E-state index in [1.165, 1.54) is 19.3 Å². The average molecular weight is 287 g/mol. The van der Waals surface area contributed by atoms with Gasteiger partial charge in [0.05, 0.1) is 12.0 Å². The maximum absolute atomic E-state index is 6.04. The van der Waals surface area contributed by atoms with Crippen molar-refractivity contribution in [3.63, 3.8) is 0 Å². The van der Waals surface area contributed by atoms with E-state index in [4.69, 9.17) is 5.73 Å². The molecule has 0 bridgehead atoms. The van der Waals surface area contributed by atoms with Crippen LogP contribution < -0.4 is 5.73 Å². The van der Waals surface area contributed by atoms with Crippen molar-refractivity contribution in [3.05, 3.63) is 42.6 Å². The zero-order valence-electron chi connectivity index (χ0n) is 12.8. The molecule has 0 fully saturated rings. The summed E-state index contributed by atoms with van der Waals surface area (Å²) in [5.41, 5.74) is 7.07. The Kier molecular flexibility index (Phi) is 6.06. The number of nitrogens with two attached hydrogens (primary N) is 1. The highest BCUT2D eigenvalue weighted by Gasteiger charge is 2.09. The molecule has 5 heteroatoms. The van der Waals surface area contributed by atoms with Gasteiger partial charge in [-0.25, -0.2) is 4.98 Å². The first-order chi connectivity index (χ1) is 10.3. The number of likely N-dealkylation sites (N-methyl/N-ethyl adjacent to an activating group) is 1. The van der Waals surface area contributed by atoms with Gasteiger partial charge in [-0.3, -0.25) is 4.99 Å². The average Bonchev–Trinajstić information content (AvgIpc) is 3.00. The van der Waals surface area contributed by atoms with E-state index in [0.717, 1.165) is 31.8 Å². The Hall–Kier alpha value is -2.04. The number of allylic oxidation sites excluding steroid dienone is 2. The van der Waals surface area contributed by atoms with Crippen LogP contribution in [0.5, 0.6) is 0 Å². The molecule has 0 spiro atoms. The summed E-state index contributed by atoms with van der Waals surface area (Å²) in [4.78, 5) is 10.6. The van der Waals surface area contributed by atoms with E-state index >= 15 is 0 Å². The normalized spacial score (nSPS) is 15.4. The molecule has 1 aliphatic heterocycles. The minimum atomic E-state index is 0.653. The van der Waals surface area contributed by atoms with Crippen LogP contribution in [-0.2, 0) is 6.54 Å². The number of amidine groups is 1. The lowest BCUT2D eigenvalue weighted by atomic mass is 10.2. The molecule has 2 heterocycles. The van der Waals surface area contributed by atoms with Gasteiger partial charge in [0.2, 0.25) is 0 Å². The van der Waals surface area contributed by atoms with Crippen molar-refractivity contribution in [3.8, 4) is 0 Å². The number of aromatic nitrogens is 2. The molecule has 5 nitrogen and oxygen atoms in total. The number of aryl methyl sites for hydroxylation is 1. The van der Waals surface area contributed by atoms with Gasteiger partial charge < -0.3 is 15.2 Å². The fourth-order valence-electron chi connectivity index (χ4n) is 2.34. The Labute approximate surface area is 126 Å². The molecule has 2 N–H and O–H groups in total. The summed E-state index contributed by atoms with van der Waals surface area (Å²) in [6, 6.07) is 0. The van der Waals surface area contributed by atoms with Gasteiger partial charge in [-0.2, -0.15) is 0 Å². The topological polar surface area (TPSA) is 59.4 Å². The van der Waals surface area contributed by atoms with Crippen LogP contribution in [0.3, 0.4) is 0 Å². The number of hydrogen-bond donors (Lipinski definition) is 1. The third-order valence-corrected chi connectivity index (χ3v) is 3.61. The van der Waals surface area contributed by atoms with Gasteiger partial charge in [-0.1, -0.05) is 25.0 Å². The number of unbranched alkanes of at least 4 members (excludes halogenated alkanes) is 3. The van der Waals surface area contributed by atoms with Crippen molar-refractivity contribution >= 4 is 5.84 Å². The summed E-state index contributed by atoms with van der Waals surface area (Å²) in [5.74, 6) is 0.653. The van der Waals surface area contributed by atoms with E-state index in [0.29, 0.717) is 5.84 Å². The van der Waals surface area contributed by atoms with Crippen LogP contribution in [0.1, 0.15) is 25.7 Å². The van der Waals surface area contributed by atoms with Crippen LogP contribution in [0.15, 0.2) is 47.6 Å². The van der Waals surface area contributed by atoms with Crippen molar-refractivity contribution in [2.45, 2.75) is 32.2 Å². The molecule has 0 unspecified atom stereocenters. The van der Waals surface area contributed by atoms with E-state index in [9.17, 15) is 0 Å². The van der Waals surface area contributed by atoms with Gasteiger partial charge in [-0.15, -0.1) is 0 Å². The molecule has 0 aliphatic carbocycles. The van der Waals surface area contributed by atoms with Crippen molar-refractivity contribution in [1.82, 2.24) is 14.5 Å². The van der Waals surface area contributed by atoms with Gasteiger partial charge in [0, 0.05) is 39.1 Å². The summed E-state index contributed by atoms with van der Waals surface area (Å²) in [5, 5.41) is 0. The Bertz CT molecular complexity index is 499. The zero-order chi connectivity index (χ0) is 14.9. The summed E-state index contributed by atoms with van der Waals surface area (Å²) in [7, 11) is 2.04. The Balaban J connectivity index is 1.59. The molecule has 2 rings (SSSR count). The summed E-state index contributed by atoms with van der Waals surface area (Å²) < 4.78 is 2.12. The highest BCUT2D eigenvalue weighted by atomic mass is 15.1. The second kappa shape index (κ2) is 8.29. The smallest absolute Gasteiger partial charge is 0.142 e. The van der Waals surface area contributed by atoms with Crippen LogP contribution >= 0.6 is 0 Å². The minimum absolute atomic E-state index is 0.653. The molecule has 0 radical (unpaired) electrons. The quantitative estimate of drug-likeness (QED) is 0.453. The third-order valence-electron chi connectivity index (χ3n) is 3.61. The van der Waals surface area contributed by atoms with E-state index in [1.807, 2.05) is 37.9 Å². The second-order valence-electron chi connectivity index (χ2n) is 5.34. The maximum atomic E-state index is 6.04. The van der Waals surface area contributed by atoms with Gasteiger partial charge in [-0.05, 0) is 18.9 Å². The molecule has 21 heavy (non-hydrogen) atoms. The van der Waals surface area contributed by atoms with Crippen molar-refractivity contribution in [1.29, 1.82) is 0 Å². The largest absolute Gasteiger partial charge is 0.382 e. The molecule has 0 saturated carbocycles. The summed E-state index contributed by atoms with van der Waals surface area (Å²) in [6.07, 6.45) is 16.6. The zero-order valence-corrected chi connectivity index (χ0v) is 12.8. The van der Waals surface area contributed by atoms with Gasteiger partial charge in [0.25, 0.3) is 0 Å². The number of hydrogen-bond acceptors (Lipinski definition) is 3. The fraction of sp³-hybridized carbons (Fsp3) is 0.500. The van der Waals surface area contributed by atoms with E-state index in [2.05, 4.69) is 25.5 Å². The molecule has 0 atom stereocenters. The predicted molar refractivity (Wildman–Crippen MR) is 87.0 cm³/mol. The van der Waals surface area contributed by atoms with Gasteiger partial charge in [0.15, 0.2) is 0 Å². The predicted octanol–water partition coefficient (Wildman–Crippen LogP) is 2.19. The van der Waals surface area contributed by atoms with Crippen LogP contribution in [0.2, 0.25) is 0 Å². The summed E-state index contributed by atoms with van der Waals surface area (Å²) >= 11 is 0. The first-order valence-corrected chi connectivity index (χ1v) is 7.61. The lowest BCUT2D eigenvalue weighted by molar-refractivity contribution is 0.481. The van der Waals surface area contributed by atoms with Gasteiger partial charge >= 0.3 is 0 Å². The van der Waals surface area contributed by atoms with E-state index < -0.39 is 0 Å². The lowest BCUT2D eigenvalue weighted by Gasteiger charge is -2.22. The van der Waals surface area contributed by atoms with Crippen LogP contribution in [-0.4, -0.2) is 40.4 Å². The number of aliphatic imine (C=N–C) groups is 1. The van der Waals surface area contributed by atoms with Gasteiger partial charge in [0.1, 0.15) is 5.84 Å². The molecule has 0 saturated heterocycles. The minimum Gasteiger partial charge on any atom is -0.382 e. The molecule has 114 valence electrons. The Morgan fingerprint density at radius 3 is 2.95 bits per heavy atom. The highest BCUT2D eigenvalue weighted by molar-refractivity contribution is 5.96. The van der Waals surface area contributed by atoms with E-state index in [1.54, 1.807) is 0 Å². The van der Waals surface area contributed by atoms with Crippen molar-refractivity contribution < 1.29 is 0 Å². The molecule has 1 aromatic rings. The number of rotatable bonds is 8. The van der Waals surface area contributed by atoms with E-state index in [-0.39, 0.29) is 0 Å². The Morgan fingerprint density at radius 1 is 1.33 bits per heavy atom. The fourth-order valence-corrected chi connectivity index (χ4v) is 2.34. The molecular formula is C16H25N5. The standard InChI is InChI=1S/C16H25N5/c1-20-11-7-4-8-15(20)16(17)19-9-5-2-3-6-12-21-13-10-18-14-21/h4,7-8,10,13-14H,2-3,5-6,9,11-12H2,1H3,(H2,17,19). The first kappa shape index (κ1) is 15.4. The van der Waals surface area contributed by atoms with Crippen LogP contribution in [0.4, 0.5) is 0 Å². The second-order valence-corrected chi connectivity index (χ2v) is 5.34. The molecule has 0 aromatic carbocycles. The third kappa shape index (κ3) is 5.10. The van der Waals surface area contributed by atoms with Crippen LogP contribution in [0, 0.1) is 0 Å². The molecular weight excluding hydrogens is 262 g/mol. The molecule has 0 amide bonds. The molecule has 1 aromatic heterocycles.